The topological polar surface area (TPSA) is 63.8 Å². The van der Waals surface area contributed by atoms with Gasteiger partial charge in [0.25, 0.3) is 0 Å². The van der Waals surface area contributed by atoms with E-state index in [0.717, 1.165) is 5.56 Å². The Morgan fingerprint density at radius 1 is 1.18 bits per heavy atom. The number of anilines is 1. The summed E-state index contributed by atoms with van der Waals surface area (Å²) in [6, 6.07) is 10.0. The minimum absolute atomic E-state index is 0.244. The van der Waals surface area contributed by atoms with Crippen LogP contribution in [0.25, 0.3) is 0 Å². The largest absolute Gasteiger partial charge is 0.388 e. The van der Waals surface area contributed by atoms with E-state index in [9.17, 15) is 0 Å². The average molecular weight is 244 g/mol. The molecular formula is C12H12N4S. The molecule has 0 unspecified atom stereocenters. The molecule has 1 aromatic heterocycles. The lowest BCUT2D eigenvalue weighted by Crippen LogP contribution is -2.16. The third-order valence-corrected chi connectivity index (χ3v) is 2.43. The zero-order valence-electron chi connectivity index (χ0n) is 9.13. The lowest BCUT2D eigenvalue weighted by Gasteiger charge is -2.08. The van der Waals surface area contributed by atoms with Crippen molar-refractivity contribution < 1.29 is 0 Å². The number of rotatable bonds is 4. The van der Waals surface area contributed by atoms with E-state index in [4.69, 9.17) is 18.0 Å². The molecule has 0 aliphatic rings. The molecule has 0 bridgehead atoms. The molecular weight excluding hydrogens is 232 g/mol. The summed E-state index contributed by atoms with van der Waals surface area (Å²) in [5, 5.41) is 3.17. The molecule has 0 fully saturated rings. The third kappa shape index (κ3) is 2.98. The van der Waals surface area contributed by atoms with Crippen LogP contribution in [0.3, 0.4) is 0 Å². The first-order valence-corrected chi connectivity index (χ1v) is 5.57. The van der Waals surface area contributed by atoms with Crippen molar-refractivity contribution in [2.45, 2.75) is 6.54 Å². The fraction of sp³-hybridized carbons (Fsp3) is 0.0833. The summed E-state index contributed by atoms with van der Waals surface area (Å²) in [7, 11) is 0. The summed E-state index contributed by atoms with van der Waals surface area (Å²) in [6.45, 7) is 0.662. The van der Waals surface area contributed by atoms with E-state index in [1.165, 1.54) is 0 Å². The molecule has 0 radical (unpaired) electrons. The van der Waals surface area contributed by atoms with Gasteiger partial charge in [-0.1, -0.05) is 42.5 Å². The molecule has 0 saturated heterocycles. The van der Waals surface area contributed by atoms with Gasteiger partial charge in [0, 0.05) is 18.9 Å². The van der Waals surface area contributed by atoms with Crippen molar-refractivity contribution in [2.75, 3.05) is 5.32 Å². The number of hydrogen-bond acceptors (Lipinski definition) is 4. The van der Waals surface area contributed by atoms with Gasteiger partial charge >= 0.3 is 0 Å². The summed E-state index contributed by atoms with van der Waals surface area (Å²) in [5.41, 5.74) is 7.26. The second kappa shape index (κ2) is 5.36. The van der Waals surface area contributed by atoms with Gasteiger partial charge < -0.3 is 11.1 Å². The number of thiocarbonyl (C=S) groups is 1. The molecule has 1 heterocycles. The van der Waals surface area contributed by atoms with E-state index in [1.54, 1.807) is 12.4 Å². The van der Waals surface area contributed by atoms with Crippen molar-refractivity contribution in [1.82, 2.24) is 9.97 Å². The van der Waals surface area contributed by atoms with Crippen LogP contribution in [0.1, 0.15) is 11.3 Å². The smallest absolute Gasteiger partial charge is 0.155 e. The van der Waals surface area contributed by atoms with E-state index in [-0.39, 0.29) is 4.99 Å². The monoisotopic (exact) mass is 244 g/mol. The Hall–Kier alpha value is -2.01. The predicted octanol–water partition coefficient (Wildman–Crippen LogP) is 1.72. The van der Waals surface area contributed by atoms with Crippen LogP contribution in [-0.2, 0) is 6.54 Å². The zero-order chi connectivity index (χ0) is 12.1. The first-order chi connectivity index (χ1) is 8.27. The summed E-state index contributed by atoms with van der Waals surface area (Å²) < 4.78 is 0. The fourth-order valence-corrected chi connectivity index (χ4v) is 1.58. The Bertz CT molecular complexity index is 513. The zero-order valence-corrected chi connectivity index (χ0v) is 9.95. The van der Waals surface area contributed by atoms with E-state index in [2.05, 4.69) is 15.3 Å². The van der Waals surface area contributed by atoms with E-state index < -0.39 is 0 Å². The number of nitrogens with two attached hydrogens (primary N) is 1. The van der Waals surface area contributed by atoms with Gasteiger partial charge in [-0.15, -0.1) is 0 Å². The van der Waals surface area contributed by atoms with Crippen LogP contribution in [0.4, 0.5) is 5.82 Å². The molecule has 86 valence electrons. The first-order valence-electron chi connectivity index (χ1n) is 5.16. The third-order valence-electron chi connectivity index (χ3n) is 2.23. The van der Waals surface area contributed by atoms with Crippen LogP contribution in [0.5, 0.6) is 0 Å². The standard InChI is InChI=1S/C12H12N4S/c13-11(17)10-12(15-7-6-14-10)16-8-9-4-2-1-3-5-9/h1-7H,8H2,(H2,13,17)(H,15,16). The Morgan fingerprint density at radius 3 is 2.59 bits per heavy atom. The van der Waals surface area contributed by atoms with Gasteiger partial charge in [-0.3, -0.25) is 0 Å². The van der Waals surface area contributed by atoms with E-state index in [0.29, 0.717) is 18.1 Å². The van der Waals surface area contributed by atoms with Crippen LogP contribution < -0.4 is 11.1 Å². The molecule has 5 heteroatoms. The lowest BCUT2D eigenvalue weighted by molar-refractivity contribution is 1.08. The van der Waals surface area contributed by atoms with Crippen LogP contribution >= 0.6 is 12.2 Å². The molecule has 2 aromatic rings. The Balaban J connectivity index is 2.12. The average Bonchev–Trinajstić information content (AvgIpc) is 2.38. The van der Waals surface area contributed by atoms with Crippen LogP contribution in [-0.4, -0.2) is 15.0 Å². The molecule has 2 rings (SSSR count). The number of benzene rings is 1. The highest BCUT2D eigenvalue weighted by molar-refractivity contribution is 7.80. The number of nitrogens with one attached hydrogen (secondary N) is 1. The van der Waals surface area contributed by atoms with E-state index >= 15 is 0 Å². The predicted molar refractivity (Wildman–Crippen MR) is 71.7 cm³/mol. The summed E-state index contributed by atoms with van der Waals surface area (Å²) >= 11 is 4.92. The minimum atomic E-state index is 0.244. The van der Waals surface area contributed by atoms with Gasteiger partial charge in [-0.2, -0.15) is 0 Å². The molecule has 0 spiro atoms. The van der Waals surface area contributed by atoms with Crippen molar-refractivity contribution >= 4 is 23.0 Å². The van der Waals surface area contributed by atoms with Gasteiger partial charge in [0.1, 0.15) is 10.7 Å². The van der Waals surface area contributed by atoms with Gasteiger partial charge in [0.15, 0.2) is 5.82 Å². The highest BCUT2D eigenvalue weighted by atomic mass is 32.1. The first kappa shape index (κ1) is 11.5. The normalized spacial score (nSPS) is 9.88. The highest BCUT2D eigenvalue weighted by Gasteiger charge is 2.06. The SMILES string of the molecule is NC(=S)c1nccnc1NCc1ccccc1. The van der Waals surface area contributed by atoms with Crippen LogP contribution in [0.2, 0.25) is 0 Å². The van der Waals surface area contributed by atoms with Gasteiger partial charge in [0.2, 0.25) is 0 Å². The Labute approximate surface area is 105 Å². The van der Waals surface area contributed by atoms with Gasteiger partial charge in [-0.05, 0) is 5.56 Å². The molecule has 3 N–H and O–H groups in total. The molecule has 17 heavy (non-hydrogen) atoms. The second-order valence-corrected chi connectivity index (χ2v) is 3.90. The van der Waals surface area contributed by atoms with Crippen molar-refractivity contribution in [3.8, 4) is 0 Å². The minimum Gasteiger partial charge on any atom is -0.388 e. The van der Waals surface area contributed by atoms with Crippen molar-refractivity contribution in [2.24, 2.45) is 5.73 Å². The summed E-state index contributed by atoms with van der Waals surface area (Å²) in [5.74, 6) is 0.615. The van der Waals surface area contributed by atoms with Crippen molar-refractivity contribution in [3.63, 3.8) is 0 Å². The van der Waals surface area contributed by atoms with Gasteiger partial charge in [0.05, 0.1) is 0 Å². The maximum atomic E-state index is 5.57. The number of aromatic nitrogens is 2. The second-order valence-electron chi connectivity index (χ2n) is 3.46. The maximum absolute atomic E-state index is 5.57. The molecule has 0 atom stereocenters. The molecule has 1 aromatic carbocycles. The van der Waals surface area contributed by atoms with Crippen molar-refractivity contribution in [1.29, 1.82) is 0 Å². The summed E-state index contributed by atoms with van der Waals surface area (Å²) in [4.78, 5) is 8.52. The molecule has 0 amide bonds. The summed E-state index contributed by atoms with van der Waals surface area (Å²) in [6.07, 6.45) is 3.18. The van der Waals surface area contributed by atoms with Crippen LogP contribution in [0.15, 0.2) is 42.7 Å². The molecule has 0 aliphatic carbocycles. The molecule has 4 nitrogen and oxygen atoms in total. The number of nitrogens with zero attached hydrogens (tertiary/aromatic N) is 2. The number of hydrogen-bond donors (Lipinski definition) is 2. The van der Waals surface area contributed by atoms with E-state index in [1.807, 2.05) is 30.3 Å². The quantitative estimate of drug-likeness (QED) is 0.802. The molecule has 0 aliphatic heterocycles. The molecule has 0 saturated carbocycles. The maximum Gasteiger partial charge on any atom is 0.155 e. The fourth-order valence-electron chi connectivity index (χ4n) is 1.43. The van der Waals surface area contributed by atoms with Crippen molar-refractivity contribution in [3.05, 3.63) is 54.0 Å². The van der Waals surface area contributed by atoms with Crippen LogP contribution in [0, 0.1) is 0 Å². The Morgan fingerprint density at radius 2 is 1.88 bits per heavy atom. The Kier molecular flexibility index (Phi) is 3.62. The lowest BCUT2D eigenvalue weighted by atomic mass is 10.2. The highest BCUT2D eigenvalue weighted by Crippen LogP contribution is 2.10. The van der Waals surface area contributed by atoms with Gasteiger partial charge in [-0.25, -0.2) is 9.97 Å².